The number of aryl methyl sites for hydroxylation is 1. The summed E-state index contributed by atoms with van der Waals surface area (Å²) in [7, 11) is 1.52. The van der Waals surface area contributed by atoms with Crippen molar-refractivity contribution < 1.29 is 19.1 Å². The van der Waals surface area contributed by atoms with E-state index in [0.717, 1.165) is 16.5 Å². The number of H-pyrrole nitrogens is 1. The van der Waals surface area contributed by atoms with Crippen molar-refractivity contribution in [1.29, 1.82) is 0 Å². The lowest BCUT2D eigenvalue weighted by Crippen LogP contribution is -2.13. The van der Waals surface area contributed by atoms with E-state index in [1.54, 1.807) is 48.5 Å². The van der Waals surface area contributed by atoms with Crippen LogP contribution >= 0.6 is 0 Å². The Bertz CT molecular complexity index is 1210. The number of esters is 1. The molecule has 0 aliphatic carbocycles. The third-order valence-corrected chi connectivity index (χ3v) is 4.97. The maximum absolute atomic E-state index is 12.5. The summed E-state index contributed by atoms with van der Waals surface area (Å²) in [5.74, 6) is 0.344. The molecule has 0 atom stereocenters. The number of nitrogens with one attached hydrogen (secondary N) is 2. The normalized spacial score (nSPS) is 10.6. The lowest BCUT2D eigenvalue weighted by molar-refractivity contribution is -0.134. The van der Waals surface area contributed by atoms with Crippen LogP contribution < -0.4 is 14.8 Å². The van der Waals surface area contributed by atoms with Crippen LogP contribution in [0.5, 0.6) is 11.5 Å². The van der Waals surface area contributed by atoms with Gasteiger partial charge in [-0.3, -0.25) is 9.59 Å². The summed E-state index contributed by atoms with van der Waals surface area (Å²) in [6.07, 6.45) is 2.79. The number of hydrogen-bond acceptors (Lipinski definition) is 4. The molecule has 1 heterocycles. The number of methoxy groups -OCH3 is 1. The van der Waals surface area contributed by atoms with Crippen molar-refractivity contribution in [2.45, 2.75) is 12.8 Å². The predicted octanol–water partition coefficient (Wildman–Crippen LogP) is 4.97. The Kier molecular flexibility index (Phi) is 5.98. The molecule has 0 bridgehead atoms. The molecule has 0 aliphatic heterocycles. The lowest BCUT2D eigenvalue weighted by atomic mass is 10.1. The molecule has 6 nitrogen and oxygen atoms in total. The van der Waals surface area contributed by atoms with Gasteiger partial charge in [-0.2, -0.15) is 0 Å². The van der Waals surface area contributed by atoms with Crippen LogP contribution in [0.1, 0.15) is 22.3 Å². The van der Waals surface area contributed by atoms with Crippen molar-refractivity contribution in [2.24, 2.45) is 0 Å². The van der Waals surface area contributed by atoms with E-state index in [1.165, 1.54) is 7.11 Å². The fourth-order valence-corrected chi connectivity index (χ4v) is 3.39. The first kappa shape index (κ1) is 20.2. The van der Waals surface area contributed by atoms with Crippen LogP contribution in [0.25, 0.3) is 10.9 Å². The Labute approximate surface area is 179 Å². The van der Waals surface area contributed by atoms with Gasteiger partial charge < -0.3 is 19.8 Å². The molecule has 0 fully saturated rings. The highest BCUT2D eigenvalue weighted by atomic mass is 16.5. The number of para-hydroxylation sites is 2. The summed E-state index contributed by atoms with van der Waals surface area (Å²) < 4.78 is 10.6. The molecule has 6 heteroatoms. The average Bonchev–Trinajstić information content (AvgIpc) is 3.22. The number of carbonyl (C=O) groups is 2. The molecular formula is C25H22N2O4. The topological polar surface area (TPSA) is 80.4 Å². The number of anilines is 1. The standard InChI is InChI=1S/C25H22N2O4/c1-30-23-9-5-3-7-21(23)25(29)27-18-11-13-19(14-12-18)31-24(28)15-10-17-16-26-22-8-4-2-6-20(17)22/h2-9,11-14,16,26H,10,15H2,1H3,(H,27,29). The van der Waals surface area contributed by atoms with Gasteiger partial charge in [-0.1, -0.05) is 30.3 Å². The summed E-state index contributed by atoms with van der Waals surface area (Å²) in [4.78, 5) is 27.9. The molecular weight excluding hydrogens is 392 g/mol. The molecule has 0 spiro atoms. The number of ether oxygens (including phenoxy) is 2. The Balaban J connectivity index is 1.33. The minimum Gasteiger partial charge on any atom is -0.496 e. The van der Waals surface area contributed by atoms with Gasteiger partial charge in [0.2, 0.25) is 0 Å². The average molecular weight is 414 g/mol. The maximum Gasteiger partial charge on any atom is 0.311 e. The Morgan fingerprint density at radius 1 is 0.935 bits per heavy atom. The van der Waals surface area contributed by atoms with Gasteiger partial charge >= 0.3 is 5.97 Å². The van der Waals surface area contributed by atoms with E-state index in [0.29, 0.717) is 29.2 Å². The molecule has 1 amide bonds. The zero-order valence-electron chi connectivity index (χ0n) is 17.1. The highest BCUT2D eigenvalue weighted by Crippen LogP contribution is 2.22. The van der Waals surface area contributed by atoms with Crippen molar-refractivity contribution in [3.63, 3.8) is 0 Å². The minimum absolute atomic E-state index is 0.272. The monoisotopic (exact) mass is 414 g/mol. The van der Waals surface area contributed by atoms with Crippen molar-refractivity contribution in [3.05, 3.63) is 90.1 Å². The Morgan fingerprint density at radius 2 is 1.68 bits per heavy atom. The molecule has 0 unspecified atom stereocenters. The van der Waals surface area contributed by atoms with Crippen LogP contribution in [0.4, 0.5) is 5.69 Å². The van der Waals surface area contributed by atoms with Crippen LogP contribution in [0, 0.1) is 0 Å². The van der Waals surface area contributed by atoms with E-state index < -0.39 is 0 Å². The van der Waals surface area contributed by atoms with Crippen molar-refractivity contribution in [2.75, 3.05) is 12.4 Å². The third kappa shape index (κ3) is 4.75. The van der Waals surface area contributed by atoms with Crippen LogP contribution in [0.15, 0.2) is 79.0 Å². The van der Waals surface area contributed by atoms with Crippen molar-refractivity contribution in [1.82, 2.24) is 4.98 Å². The smallest absolute Gasteiger partial charge is 0.311 e. The maximum atomic E-state index is 12.5. The Hall–Kier alpha value is -4.06. The van der Waals surface area contributed by atoms with E-state index in [-0.39, 0.29) is 18.3 Å². The number of carbonyl (C=O) groups excluding carboxylic acids is 2. The van der Waals surface area contributed by atoms with E-state index in [1.807, 2.05) is 30.5 Å². The first-order valence-electron chi connectivity index (χ1n) is 9.94. The number of aromatic amines is 1. The summed E-state index contributed by atoms with van der Waals surface area (Å²) in [5.41, 5.74) is 3.17. The van der Waals surface area contributed by atoms with Gasteiger partial charge in [0, 0.05) is 22.8 Å². The molecule has 156 valence electrons. The zero-order chi connectivity index (χ0) is 21.6. The third-order valence-electron chi connectivity index (χ3n) is 4.97. The highest BCUT2D eigenvalue weighted by molar-refractivity contribution is 6.06. The number of benzene rings is 3. The molecule has 4 rings (SSSR count). The van der Waals surface area contributed by atoms with Crippen LogP contribution in [0.2, 0.25) is 0 Å². The number of fused-ring (bicyclic) bond motifs is 1. The van der Waals surface area contributed by atoms with Gasteiger partial charge in [-0.15, -0.1) is 0 Å². The Morgan fingerprint density at radius 3 is 2.48 bits per heavy atom. The molecule has 31 heavy (non-hydrogen) atoms. The van der Waals surface area contributed by atoms with Gasteiger partial charge in [0.25, 0.3) is 5.91 Å². The van der Waals surface area contributed by atoms with Crippen LogP contribution in [-0.2, 0) is 11.2 Å². The summed E-state index contributed by atoms with van der Waals surface area (Å²) in [6, 6.07) is 21.7. The summed E-state index contributed by atoms with van der Waals surface area (Å²) in [6.45, 7) is 0. The predicted molar refractivity (Wildman–Crippen MR) is 120 cm³/mol. The largest absolute Gasteiger partial charge is 0.496 e. The van der Waals surface area contributed by atoms with E-state index in [4.69, 9.17) is 9.47 Å². The van der Waals surface area contributed by atoms with Gasteiger partial charge in [-0.25, -0.2) is 0 Å². The molecule has 0 saturated carbocycles. The number of rotatable bonds is 7. The SMILES string of the molecule is COc1ccccc1C(=O)Nc1ccc(OC(=O)CCc2c[nH]c3ccccc23)cc1. The summed E-state index contributed by atoms with van der Waals surface area (Å²) >= 11 is 0. The fourth-order valence-electron chi connectivity index (χ4n) is 3.39. The molecule has 1 aromatic heterocycles. The first-order valence-corrected chi connectivity index (χ1v) is 9.94. The molecule has 2 N–H and O–H groups in total. The molecule has 0 radical (unpaired) electrons. The van der Waals surface area contributed by atoms with Crippen LogP contribution in [-0.4, -0.2) is 24.0 Å². The number of amides is 1. The van der Waals surface area contributed by atoms with E-state index >= 15 is 0 Å². The van der Waals surface area contributed by atoms with Gasteiger partial charge in [0.15, 0.2) is 0 Å². The van der Waals surface area contributed by atoms with Crippen LogP contribution in [0.3, 0.4) is 0 Å². The van der Waals surface area contributed by atoms with Gasteiger partial charge in [-0.05, 0) is 54.4 Å². The minimum atomic E-state index is -0.309. The zero-order valence-corrected chi connectivity index (χ0v) is 17.1. The first-order chi connectivity index (χ1) is 15.1. The molecule has 4 aromatic rings. The quantitative estimate of drug-likeness (QED) is 0.331. The highest BCUT2D eigenvalue weighted by Gasteiger charge is 2.12. The summed E-state index contributed by atoms with van der Waals surface area (Å²) in [5, 5.41) is 3.93. The fraction of sp³-hybridized carbons (Fsp3) is 0.120. The van der Waals surface area contributed by atoms with Gasteiger partial charge in [0.1, 0.15) is 11.5 Å². The van der Waals surface area contributed by atoms with Crippen molar-refractivity contribution >= 4 is 28.5 Å². The lowest BCUT2D eigenvalue weighted by Gasteiger charge is -2.10. The number of hydrogen-bond donors (Lipinski definition) is 2. The second kappa shape index (κ2) is 9.17. The van der Waals surface area contributed by atoms with Crippen molar-refractivity contribution in [3.8, 4) is 11.5 Å². The van der Waals surface area contributed by atoms with E-state index in [2.05, 4.69) is 10.3 Å². The second-order valence-electron chi connectivity index (χ2n) is 7.01. The van der Waals surface area contributed by atoms with E-state index in [9.17, 15) is 9.59 Å². The van der Waals surface area contributed by atoms with Gasteiger partial charge in [0.05, 0.1) is 19.1 Å². The molecule has 3 aromatic carbocycles. The number of aromatic nitrogens is 1. The molecule has 0 saturated heterocycles. The molecule has 0 aliphatic rings. The second-order valence-corrected chi connectivity index (χ2v) is 7.01.